The van der Waals surface area contributed by atoms with Crippen molar-refractivity contribution >= 4 is 0 Å². The normalized spacial score (nSPS) is 10.5. The molecule has 0 saturated heterocycles. The molecule has 0 unspecified atom stereocenters. The van der Waals surface area contributed by atoms with Crippen LogP contribution in [-0.2, 0) is 0 Å². The molecule has 0 saturated carbocycles. The molecule has 0 amide bonds. The molecule has 3 aromatic rings. The summed E-state index contributed by atoms with van der Waals surface area (Å²) in [6, 6.07) is 25.9. The van der Waals surface area contributed by atoms with E-state index >= 15 is 0 Å². The van der Waals surface area contributed by atoms with E-state index in [1.54, 1.807) is 0 Å². The number of rotatable bonds is 2. The summed E-state index contributed by atoms with van der Waals surface area (Å²) in [4.78, 5) is 0. The third kappa shape index (κ3) is 2.50. The van der Waals surface area contributed by atoms with Crippen molar-refractivity contribution in [3.8, 4) is 22.3 Å². The average molecular weight is 258 g/mol. The van der Waals surface area contributed by atoms with Crippen LogP contribution in [0.4, 0.5) is 0 Å². The Morgan fingerprint density at radius 2 is 1.25 bits per heavy atom. The molecule has 0 nitrogen and oxygen atoms in total. The molecule has 3 aromatic carbocycles. The van der Waals surface area contributed by atoms with Crippen LogP contribution in [0, 0.1) is 13.8 Å². The van der Waals surface area contributed by atoms with Gasteiger partial charge < -0.3 is 0 Å². The van der Waals surface area contributed by atoms with E-state index in [9.17, 15) is 0 Å². The van der Waals surface area contributed by atoms with Gasteiger partial charge in [-0.2, -0.15) is 0 Å². The Morgan fingerprint density at radius 3 is 2.00 bits per heavy atom. The topological polar surface area (TPSA) is 0 Å². The van der Waals surface area contributed by atoms with Gasteiger partial charge in [0.25, 0.3) is 0 Å². The number of aryl methyl sites for hydroxylation is 2. The van der Waals surface area contributed by atoms with Crippen LogP contribution in [0.25, 0.3) is 22.3 Å². The third-order valence-electron chi connectivity index (χ3n) is 3.67. The van der Waals surface area contributed by atoms with E-state index in [2.05, 4.69) is 86.6 Å². The summed E-state index contributed by atoms with van der Waals surface area (Å²) < 4.78 is 0. The van der Waals surface area contributed by atoms with E-state index in [-0.39, 0.29) is 0 Å². The maximum atomic E-state index is 2.29. The Labute approximate surface area is 120 Å². The predicted molar refractivity (Wildman–Crippen MR) is 86.8 cm³/mol. The second-order valence-corrected chi connectivity index (χ2v) is 5.27. The van der Waals surface area contributed by atoms with Crippen LogP contribution >= 0.6 is 0 Å². The first kappa shape index (κ1) is 12.7. The number of benzene rings is 3. The third-order valence-corrected chi connectivity index (χ3v) is 3.67. The van der Waals surface area contributed by atoms with Crippen molar-refractivity contribution in [2.24, 2.45) is 0 Å². The minimum Gasteiger partial charge on any atom is -0.0622 e. The van der Waals surface area contributed by atoms with Crippen LogP contribution in [0.5, 0.6) is 0 Å². The van der Waals surface area contributed by atoms with Crippen LogP contribution < -0.4 is 0 Å². The molecule has 0 atom stereocenters. The second kappa shape index (κ2) is 5.34. The highest BCUT2D eigenvalue weighted by molar-refractivity contribution is 5.75. The molecule has 0 aliphatic rings. The zero-order valence-electron chi connectivity index (χ0n) is 11.9. The average Bonchev–Trinajstić information content (AvgIpc) is 2.48. The van der Waals surface area contributed by atoms with E-state index in [4.69, 9.17) is 0 Å². The Morgan fingerprint density at radius 1 is 0.550 bits per heavy atom. The quantitative estimate of drug-likeness (QED) is 0.558. The van der Waals surface area contributed by atoms with Crippen molar-refractivity contribution in [3.05, 3.63) is 83.9 Å². The highest BCUT2D eigenvalue weighted by Crippen LogP contribution is 2.29. The first-order valence-corrected chi connectivity index (χ1v) is 6.97. The van der Waals surface area contributed by atoms with Crippen LogP contribution in [0.3, 0.4) is 0 Å². The zero-order valence-corrected chi connectivity index (χ0v) is 11.9. The Balaban J connectivity index is 2.12. The molecule has 3 rings (SSSR count). The van der Waals surface area contributed by atoms with Gasteiger partial charge in [0.1, 0.15) is 0 Å². The smallest absolute Gasteiger partial charge is 0.0149 e. The van der Waals surface area contributed by atoms with Gasteiger partial charge in [0, 0.05) is 0 Å². The fourth-order valence-corrected chi connectivity index (χ4v) is 2.55. The van der Waals surface area contributed by atoms with Crippen molar-refractivity contribution in [1.29, 1.82) is 0 Å². The standard InChI is InChI=1S/C20H18/c1-15-7-6-10-18(13-15)19-12-11-16(2)20(14-19)17-8-4-3-5-9-17/h3-14H,1-2H3. The molecule has 98 valence electrons. The van der Waals surface area contributed by atoms with Gasteiger partial charge in [0.2, 0.25) is 0 Å². The summed E-state index contributed by atoms with van der Waals surface area (Å²) >= 11 is 0. The molecule has 0 spiro atoms. The van der Waals surface area contributed by atoms with Crippen LogP contribution in [0.1, 0.15) is 11.1 Å². The summed E-state index contributed by atoms with van der Waals surface area (Å²) in [7, 11) is 0. The predicted octanol–water partition coefficient (Wildman–Crippen LogP) is 5.64. The largest absolute Gasteiger partial charge is 0.0622 e. The first-order valence-electron chi connectivity index (χ1n) is 6.97. The lowest BCUT2D eigenvalue weighted by atomic mass is 9.95. The molecule has 0 heterocycles. The van der Waals surface area contributed by atoms with Crippen LogP contribution in [-0.4, -0.2) is 0 Å². The van der Waals surface area contributed by atoms with Gasteiger partial charge >= 0.3 is 0 Å². The van der Waals surface area contributed by atoms with Gasteiger partial charge in [-0.1, -0.05) is 72.3 Å². The fourth-order valence-electron chi connectivity index (χ4n) is 2.55. The van der Waals surface area contributed by atoms with E-state index in [0.717, 1.165) is 0 Å². The molecule has 0 heteroatoms. The van der Waals surface area contributed by atoms with Crippen molar-refractivity contribution in [1.82, 2.24) is 0 Å². The van der Waals surface area contributed by atoms with Gasteiger partial charge in [-0.15, -0.1) is 0 Å². The molecule has 0 radical (unpaired) electrons. The van der Waals surface area contributed by atoms with E-state index < -0.39 is 0 Å². The molecule has 0 aliphatic heterocycles. The summed E-state index contributed by atoms with van der Waals surface area (Å²) in [5.41, 5.74) is 7.75. The number of hydrogen-bond acceptors (Lipinski definition) is 0. The maximum Gasteiger partial charge on any atom is -0.0149 e. The minimum atomic E-state index is 1.28. The molecule has 0 fully saturated rings. The van der Waals surface area contributed by atoms with E-state index in [1.807, 2.05) is 0 Å². The Hall–Kier alpha value is -2.34. The Kier molecular flexibility index (Phi) is 3.39. The van der Waals surface area contributed by atoms with Crippen molar-refractivity contribution in [2.45, 2.75) is 13.8 Å². The lowest BCUT2D eigenvalue weighted by Gasteiger charge is -2.10. The fraction of sp³-hybridized carbons (Fsp3) is 0.100. The molecular weight excluding hydrogens is 240 g/mol. The summed E-state index contributed by atoms with van der Waals surface area (Å²) in [5, 5.41) is 0. The van der Waals surface area contributed by atoms with Crippen LogP contribution in [0.15, 0.2) is 72.8 Å². The van der Waals surface area contributed by atoms with Crippen LogP contribution in [0.2, 0.25) is 0 Å². The van der Waals surface area contributed by atoms with E-state index in [1.165, 1.54) is 33.4 Å². The molecule has 0 N–H and O–H groups in total. The highest BCUT2D eigenvalue weighted by atomic mass is 14.1. The molecule has 0 aromatic heterocycles. The summed E-state index contributed by atoms with van der Waals surface area (Å²) in [6.45, 7) is 4.30. The number of hydrogen-bond donors (Lipinski definition) is 0. The SMILES string of the molecule is Cc1cccc(-c2ccc(C)c(-c3ccccc3)c2)c1. The first-order chi connectivity index (χ1) is 9.74. The lowest BCUT2D eigenvalue weighted by molar-refractivity contribution is 1.44. The molecule has 20 heavy (non-hydrogen) atoms. The molecular formula is C20H18. The Bertz CT molecular complexity index is 724. The van der Waals surface area contributed by atoms with Crippen molar-refractivity contribution < 1.29 is 0 Å². The molecule has 0 aliphatic carbocycles. The van der Waals surface area contributed by atoms with Crippen molar-refractivity contribution in [2.75, 3.05) is 0 Å². The van der Waals surface area contributed by atoms with E-state index in [0.29, 0.717) is 0 Å². The monoisotopic (exact) mass is 258 g/mol. The van der Waals surface area contributed by atoms with Gasteiger partial charge in [-0.3, -0.25) is 0 Å². The minimum absolute atomic E-state index is 1.28. The highest BCUT2D eigenvalue weighted by Gasteiger charge is 2.04. The summed E-state index contributed by atoms with van der Waals surface area (Å²) in [6.07, 6.45) is 0. The van der Waals surface area contributed by atoms with Gasteiger partial charge in [0.15, 0.2) is 0 Å². The van der Waals surface area contributed by atoms with Gasteiger partial charge in [0.05, 0.1) is 0 Å². The lowest BCUT2D eigenvalue weighted by Crippen LogP contribution is -1.86. The van der Waals surface area contributed by atoms with Gasteiger partial charge in [-0.05, 0) is 47.7 Å². The zero-order chi connectivity index (χ0) is 13.9. The summed E-state index contributed by atoms with van der Waals surface area (Å²) in [5.74, 6) is 0. The van der Waals surface area contributed by atoms with Gasteiger partial charge in [-0.25, -0.2) is 0 Å². The molecule has 0 bridgehead atoms. The maximum absolute atomic E-state index is 2.29. The van der Waals surface area contributed by atoms with Crippen molar-refractivity contribution in [3.63, 3.8) is 0 Å². The second-order valence-electron chi connectivity index (χ2n) is 5.27.